The summed E-state index contributed by atoms with van der Waals surface area (Å²) >= 11 is 1.25. The Labute approximate surface area is 195 Å². The van der Waals surface area contributed by atoms with E-state index in [1.54, 1.807) is 63.3 Å². The van der Waals surface area contributed by atoms with E-state index in [0.29, 0.717) is 53.4 Å². The Kier molecular flexibility index (Phi) is 8.44. The van der Waals surface area contributed by atoms with E-state index < -0.39 is 5.97 Å². The summed E-state index contributed by atoms with van der Waals surface area (Å²) in [6.07, 6.45) is 1.80. The molecule has 0 unspecified atom stereocenters. The zero-order chi connectivity index (χ0) is 23.8. The predicted octanol–water partition coefficient (Wildman–Crippen LogP) is 2.24. The molecule has 0 fully saturated rings. The summed E-state index contributed by atoms with van der Waals surface area (Å²) in [7, 11) is 4.95. The average Bonchev–Trinajstić information content (AvgIpc) is 3.39. The van der Waals surface area contributed by atoms with Crippen molar-refractivity contribution in [2.75, 3.05) is 38.5 Å². The van der Waals surface area contributed by atoms with Gasteiger partial charge in [0.05, 0.1) is 38.2 Å². The summed E-state index contributed by atoms with van der Waals surface area (Å²) in [6, 6.07) is 6.52. The molecule has 2 heterocycles. The first kappa shape index (κ1) is 24.3. The number of thioether (sulfide) groups is 1. The number of rotatable bonds is 11. The number of aromatic nitrogens is 5. The molecule has 0 radical (unpaired) electrons. The van der Waals surface area contributed by atoms with Crippen molar-refractivity contribution in [3.05, 3.63) is 36.0 Å². The Balaban J connectivity index is 1.68. The minimum atomic E-state index is -0.401. The van der Waals surface area contributed by atoms with Gasteiger partial charge in [-0.2, -0.15) is 0 Å². The molecular formula is C21H26N6O5S. The molecule has 0 spiro atoms. The molecule has 0 atom stereocenters. The first-order valence-electron chi connectivity index (χ1n) is 10.2. The Hall–Kier alpha value is -3.38. The van der Waals surface area contributed by atoms with Crippen LogP contribution in [0.2, 0.25) is 0 Å². The molecule has 2 aromatic heterocycles. The highest BCUT2D eigenvalue weighted by molar-refractivity contribution is 7.99. The number of ether oxygens (including phenoxy) is 3. The van der Waals surface area contributed by atoms with Gasteiger partial charge in [0.2, 0.25) is 11.8 Å². The zero-order valence-corrected chi connectivity index (χ0v) is 19.7. The van der Waals surface area contributed by atoms with Crippen LogP contribution in [0.15, 0.2) is 35.6 Å². The second kappa shape index (κ2) is 11.5. The third kappa shape index (κ3) is 6.11. The SMILES string of the molecule is CCOC(=O)c1ccc(NC(=O)CSc2nnc(-c3cn(C)nc3OC)n2CCOC)cc1. The van der Waals surface area contributed by atoms with Crippen LogP contribution in [0.4, 0.5) is 5.69 Å². The number of carbonyl (C=O) groups is 2. The fourth-order valence-electron chi connectivity index (χ4n) is 2.98. The van der Waals surface area contributed by atoms with Crippen molar-refractivity contribution in [2.24, 2.45) is 7.05 Å². The third-order valence-corrected chi connectivity index (χ3v) is 5.44. The number of amides is 1. The lowest BCUT2D eigenvalue weighted by atomic mass is 10.2. The lowest BCUT2D eigenvalue weighted by molar-refractivity contribution is -0.113. The van der Waals surface area contributed by atoms with E-state index in [0.717, 1.165) is 0 Å². The van der Waals surface area contributed by atoms with E-state index in [2.05, 4.69) is 20.6 Å². The van der Waals surface area contributed by atoms with E-state index in [1.807, 2.05) is 4.57 Å². The van der Waals surface area contributed by atoms with E-state index in [-0.39, 0.29) is 11.7 Å². The van der Waals surface area contributed by atoms with Crippen LogP contribution >= 0.6 is 11.8 Å². The standard InChI is InChI=1S/C21H26N6O5S/c1-5-32-20(29)14-6-8-15(9-7-14)22-17(28)13-33-21-24-23-18(27(21)10-11-30-3)16-12-26(2)25-19(16)31-4/h6-9,12H,5,10-11,13H2,1-4H3,(H,22,28). The van der Waals surface area contributed by atoms with Crippen LogP contribution in [-0.4, -0.2) is 69.6 Å². The number of carbonyl (C=O) groups excluding carboxylic acids is 2. The van der Waals surface area contributed by atoms with Crippen LogP contribution in [0.5, 0.6) is 5.88 Å². The molecule has 12 heteroatoms. The maximum Gasteiger partial charge on any atom is 0.338 e. The molecule has 0 aliphatic heterocycles. The number of hydrogen-bond donors (Lipinski definition) is 1. The number of hydrogen-bond acceptors (Lipinski definition) is 9. The molecule has 33 heavy (non-hydrogen) atoms. The summed E-state index contributed by atoms with van der Waals surface area (Å²) in [5.74, 6) is 0.515. The summed E-state index contributed by atoms with van der Waals surface area (Å²) in [5.41, 5.74) is 1.70. The fraction of sp³-hybridized carbons (Fsp3) is 0.381. The maximum atomic E-state index is 12.5. The van der Waals surface area contributed by atoms with E-state index in [9.17, 15) is 9.59 Å². The number of nitrogens with zero attached hydrogens (tertiary/aromatic N) is 5. The first-order chi connectivity index (χ1) is 16.0. The van der Waals surface area contributed by atoms with Crippen molar-refractivity contribution in [3.63, 3.8) is 0 Å². The average molecular weight is 475 g/mol. The van der Waals surface area contributed by atoms with Gasteiger partial charge < -0.3 is 19.5 Å². The van der Waals surface area contributed by atoms with Crippen LogP contribution in [0.25, 0.3) is 11.4 Å². The number of esters is 1. The van der Waals surface area contributed by atoms with E-state index in [1.165, 1.54) is 11.8 Å². The van der Waals surface area contributed by atoms with Crippen molar-refractivity contribution in [2.45, 2.75) is 18.6 Å². The van der Waals surface area contributed by atoms with Gasteiger partial charge in [-0.3, -0.25) is 14.0 Å². The highest BCUT2D eigenvalue weighted by atomic mass is 32.2. The number of nitrogens with one attached hydrogen (secondary N) is 1. The Morgan fingerprint density at radius 2 is 1.91 bits per heavy atom. The van der Waals surface area contributed by atoms with E-state index in [4.69, 9.17) is 14.2 Å². The Bertz CT molecular complexity index is 1100. The monoisotopic (exact) mass is 474 g/mol. The molecule has 3 rings (SSSR count). The van der Waals surface area contributed by atoms with E-state index >= 15 is 0 Å². The van der Waals surface area contributed by atoms with Gasteiger partial charge in [0.25, 0.3) is 0 Å². The van der Waals surface area contributed by atoms with Crippen LogP contribution in [0.1, 0.15) is 17.3 Å². The summed E-state index contributed by atoms with van der Waals surface area (Å²) in [4.78, 5) is 24.2. The van der Waals surface area contributed by atoms with Crippen molar-refractivity contribution in [3.8, 4) is 17.3 Å². The Morgan fingerprint density at radius 3 is 2.58 bits per heavy atom. The number of anilines is 1. The van der Waals surface area contributed by atoms with Gasteiger partial charge in [0.15, 0.2) is 11.0 Å². The van der Waals surface area contributed by atoms with Gasteiger partial charge in [0, 0.05) is 26.0 Å². The van der Waals surface area contributed by atoms with Crippen molar-refractivity contribution in [1.82, 2.24) is 24.5 Å². The topological polar surface area (TPSA) is 122 Å². The molecule has 1 N–H and O–H groups in total. The smallest absolute Gasteiger partial charge is 0.338 e. The molecule has 11 nitrogen and oxygen atoms in total. The van der Waals surface area contributed by atoms with Gasteiger partial charge in [0.1, 0.15) is 5.56 Å². The lowest BCUT2D eigenvalue weighted by Crippen LogP contribution is -2.15. The zero-order valence-electron chi connectivity index (χ0n) is 18.9. The second-order valence-corrected chi connectivity index (χ2v) is 7.75. The second-order valence-electron chi connectivity index (χ2n) is 6.81. The van der Waals surface area contributed by atoms with Gasteiger partial charge in [-0.1, -0.05) is 11.8 Å². The highest BCUT2D eigenvalue weighted by Crippen LogP contribution is 2.30. The van der Waals surface area contributed by atoms with Crippen LogP contribution < -0.4 is 10.1 Å². The molecule has 0 saturated heterocycles. The normalized spacial score (nSPS) is 10.8. The molecule has 0 aliphatic carbocycles. The molecule has 176 valence electrons. The predicted molar refractivity (Wildman–Crippen MR) is 122 cm³/mol. The maximum absolute atomic E-state index is 12.5. The Morgan fingerprint density at radius 1 is 1.15 bits per heavy atom. The van der Waals surface area contributed by atoms with Crippen molar-refractivity contribution in [1.29, 1.82) is 0 Å². The molecule has 0 aliphatic rings. The molecule has 3 aromatic rings. The minimum Gasteiger partial charge on any atom is -0.479 e. The minimum absolute atomic E-state index is 0.120. The summed E-state index contributed by atoms with van der Waals surface area (Å²) in [5, 5.41) is 16.2. The lowest BCUT2D eigenvalue weighted by Gasteiger charge is -2.10. The van der Waals surface area contributed by atoms with Crippen molar-refractivity contribution >= 4 is 29.3 Å². The third-order valence-electron chi connectivity index (χ3n) is 4.48. The number of aryl methyl sites for hydroxylation is 1. The van der Waals surface area contributed by atoms with Gasteiger partial charge in [-0.05, 0) is 31.2 Å². The first-order valence-corrected chi connectivity index (χ1v) is 11.1. The molecule has 0 bridgehead atoms. The number of methoxy groups -OCH3 is 2. The quantitative estimate of drug-likeness (QED) is 0.329. The van der Waals surface area contributed by atoms with Gasteiger partial charge in [-0.25, -0.2) is 4.79 Å². The van der Waals surface area contributed by atoms with Gasteiger partial charge >= 0.3 is 5.97 Å². The molecular weight excluding hydrogens is 448 g/mol. The van der Waals surface area contributed by atoms with Crippen LogP contribution in [-0.2, 0) is 27.9 Å². The van der Waals surface area contributed by atoms with Crippen LogP contribution in [0, 0.1) is 0 Å². The number of benzene rings is 1. The highest BCUT2D eigenvalue weighted by Gasteiger charge is 2.21. The van der Waals surface area contributed by atoms with Crippen LogP contribution in [0.3, 0.4) is 0 Å². The molecule has 1 aromatic carbocycles. The fourth-order valence-corrected chi connectivity index (χ4v) is 3.75. The van der Waals surface area contributed by atoms with Crippen molar-refractivity contribution < 1.29 is 23.8 Å². The largest absolute Gasteiger partial charge is 0.479 e. The molecule has 1 amide bonds. The summed E-state index contributed by atoms with van der Waals surface area (Å²) in [6.45, 7) is 2.99. The summed E-state index contributed by atoms with van der Waals surface area (Å²) < 4.78 is 19.0. The molecule has 0 saturated carbocycles. The van der Waals surface area contributed by atoms with Gasteiger partial charge in [-0.15, -0.1) is 15.3 Å².